The number of pyridine rings is 1. The third kappa shape index (κ3) is 2.56. The van der Waals surface area contributed by atoms with Gasteiger partial charge in [0.25, 0.3) is 5.91 Å². The second-order valence-electron chi connectivity index (χ2n) is 5.44. The molecule has 2 aliphatic rings. The Balaban J connectivity index is 1.72. The van der Waals surface area contributed by atoms with Crippen molar-refractivity contribution >= 4 is 5.91 Å². The molecule has 19 heavy (non-hydrogen) atoms. The first-order valence-corrected chi connectivity index (χ1v) is 6.77. The molecular formula is C14H18N2O3. The summed E-state index contributed by atoms with van der Waals surface area (Å²) in [6.07, 6.45) is 4.81. The molecule has 2 unspecified atom stereocenters. The normalized spacial score (nSPS) is 26.4. The Bertz CT molecular complexity index is 548. The van der Waals surface area contributed by atoms with Crippen LogP contribution in [0.25, 0.3) is 0 Å². The monoisotopic (exact) mass is 262 g/mol. The van der Waals surface area contributed by atoms with Crippen molar-refractivity contribution in [3.63, 3.8) is 0 Å². The summed E-state index contributed by atoms with van der Waals surface area (Å²) in [5.41, 5.74) is 0.685. The van der Waals surface area contributed by atoms with Crippen molar-refractivity contribution in [2.45, 2.75) is 38.3 Å². The molecule has 0 aromatic carbocycles. The minimum Gasteiger partial charge on any atom is -0.376 e. The Labute approximate surface area is 111 Å². The highest BCUT2D eigenvalue weighted by Gasteiger charge is 2.41. The number of hydrogen-bond donors (Lipinski definition) is 2. The molecule has 1 aromatic heterocycles. The number of H-pyrrole nitrogens is 1. The van der Waals surface area contributed by atoms with Crippen molar-refractivity contribution in [2.24, 2.45) is 5.92 Å². The minimum atomic E-state index is -0.303. The van der Waals surface area contributed by atoms with Gasteiger partial charge < -0.3 is 15.0 Å². The maximum atomic E-state index is 12.1. The number of aromatic nitrogens is 1. The summed E-state index contributed by atoms with van der Waals surface area (Å²) in [6.45, 7) is 2.48. The third-order valence-corrected chi connectivity index (χ3v) is 3.84. The molecule has 1 saturated carbocycles. The van der Waals surface area contributed by atoms with Crippen LogP contribution in [0.5, 0.6) is 0 Å². The smallest absolute Gasteiger partial charge is 0.257 e. The maximum Gasteiger partial charge on any atom is 0.257 e. The highest BCUT2D eigenvalue weighted by molar-refractivity contribution is 5.94. The number of aromatic amines is 1. The van der Waals surface area contributed by atoms with E-state index in [-0.39, 0.29) is 29.0 Å². The Hall–Kier alpha value is -1.62. The lowest BCUT2D eigenvalue weighted by Crippen LogP contribution is -2.42. The molecule has 0 bridgehead atoms. The van der Waals surface area contributed by atoms with Gasteiger partial charge in [-0.25, -0.2) is 0 Å². The number of hydrogen-bond acceptors (Lipinski definition) is 3. The van der Waals surface area contributed by atoms with Crippen molar-refractivity contribution in [1.29, 1.82) is 0 Å². The topological polar surface area (TPSA) is 71.2 Å². The molecule has 0 radical (unpaired) electrons. The summed E-state index contributed by atoms with van der Waals surface area (Å²) in [4.78, 5) is 26.8. The van der Waals surface area contributed by atoms with Crippen molar-refractivity contribution < 1.29 is 9.53 Å². The van der Waals surface area contributed by atoms with Crippen LogP contribution in [-0.4, -0.2) is 29.6 Å². The molecular weight excluding hydrogens is 244 g/mol. The van der Waals surface area contributed by atoms with Crippen LogP contribution < -0.4 is 10.7 Å². The van der Waals surface area contributed by atoms with Crippen LogP contribution in [0.4, 0.5) is 0 Å². The van der Waals surface area contributed by atoms with E-state index >= 15 is 0 Å². The van der Waals surface area contributed by atoms with E-state index in [0.29, 0.717) is 12.5 Å². The first-order valence-electron chi connectivity index (χ1n) is 6.77. The van der Waals surface area contributed by atoms with E-state index in [1.807, 2.05) is 0 Å². The summed E-state index contributed by atoms with van der Waals surface area (Å²) in [5, 5.41) is 2.94. The standard InChI is InChI=1S/C14H18N2O3/c1-8-6-12(17)10(7-15-8)14(18)16-11-4-5-19-13(11)9-2-3-9/h6-7,9,11,13H,2-5H2,1H3,(H,15,17)(H,16,18). The van der Waals surface area contributed by atoms with Gasteiger partial charge >= 0.3 is 0 Å². The van der Waals surface area contributed by atoms with Gasteiger partial charge in [0.05, 0.1) is 12.1 Å². The first-order chi connectivity index (χ1) is 9.15. The minimum absolute atomic E-state index is 0.0423. The first kappa shape index (κ1) is 12.4. The van der Waals surface area contributed by atoms with Crippen LogP contribution in [0.15, 0.2) is 17.1 Å². The molecule has 2 heterocycles. The van der Waals surface area contributed by atoms with E-state index in [9.17, 15) is 9.59 Å². The molecule has 2 N–H and O–H groups in total. The lowest BCUT2D eigenvalue weighted by Gasteiger charge is -2.19. The van der Waals surface area contributed by atoms with Crippen molar-refractivity contribution in [3.8, 4) is 0 Å². The van der Waals surface area contributed by atoms with Crippen LogP contribution in [0.2, 0.25) is 0 Å². The van der Waals surface area contributed by atoms with Gasteiger partial charge in [-0.1, -0.05) is 0 Å². The fourth-order valence-electron chi connectivity index (χ4n) is 2.65. The average Bonchev–Trinajstić information content (AvgIpc) is 3.10. The van der Waals surface area contributed by atoms with Gasteiger partial charge in [-0.05, 0) is 32.1 Å². The predicted molar refractivity (Wildman–Crippen MR) is 70.1 cm³/mol. The molecule has 0 spiro atoms. The summed E-state index contributed by atoms with van der Waals surface area (Å²) in [5.74, 6) is 0.284. The molecule has 102 valence electrons. The van der Waals surface area contributed by atoms with Crippen LogP contribution in [0, 0.1) is 12.8 Å². The van der Waals surface area contributed by atoms with E-state index in [2.05, 4.69) is 10.3 Å². The SMILES string of the molecule is Cc1cc(=O)c(C(=O)NC2CCOC2C2CC2)c[nH]1. The fraction of sp³-hybridized carbons (Fsp3) is 0.571. The van der Waals surface area contributed by atoms with Gasteiger partial charge in [0.2, 0.25) is 0 Å². The second kappa shape index (κ2) is 4.81. The van der Waals surface area contributed by atoms with E-state index in [1.165, 1.54) is 25.1 Å². The molecule has 1 saturated heterocycles. The van der Waals surface area contributed by atoms with E-state index in [0.717, 1.165) is 12.1 Å². The maximum absolute atomic E-state index is 12.1. The van der Waals surface area contributed by atoms with E-state index < -0.39 is 0 Å². The molecule has 3 rings (SSSR count). The van der Waals surface area contributed by atoms with Crippen molar-refractivity contribution in [1.82, 2.24) is 10.3 Å². The number of carbonyl (C=O) groups is 1. The molecule has 1 aromatic rings. The fourth-order valence-corrected chi connectivity index (χ4v) is 2.65. The highest BCUT2D eigenvalue weighted by Crippen LogP contribution is 2.38. The summed E-state index contributed by atoms with van der Waals surface area (Å²) < 4.78 is 5.67. The van der Waals surface area contributed by atoms with Gasteiger partial charge in [0.15, 0.2) is 5.43 Å². The zero-order chi connectivity index (χ0) is 13.4. The average molecular weight is 262 g/mol. The highest BCUT2D eigenvalue weighted by atomic mass is 16.5. The molecule has 5 nitrogen and oxygen atoms in total. The summed E-state index contributed by atoms with van der Waals surface area (Å²) >= 11 is 0. The van der Waals surface area contributed by atoms with Gasteiger partial charge in [0, 0.05) is 24.6 Å². The lowest BCUT2D eigenvalue weighted by atomic mass is 10.1. The Morgan fingerprint density at radius 1 is 1.42 bits per heavy atom. The number of rotatable bonds is 3. The number of ether oxygens (including phenoxy) is 1. The number of amides is 1. The number of aryl methyl sites for hydroxylation is 1. The van der Waals surface area contributed by atoms with Crippen molar-refractivity contribution in [2.75, 3.05) is 6.61 Å². The largest absolute Gasteiger partial charge is 0.376 e. The molecule has 1 aliphatic carbocycles. The Morgan fingerprint density at radius 2 is 2.21 bits per heavy atom. The van der Waals surface area contributed by atoms with Gasteiger partial charge in [-0.3, -0.25) is 9.59 Å². The Kier molecular flexibility index (Phi) is 3.14. The lowest BCUT2D eigenvalue weighted by molar-refractivity contribution is 0.0729. The number of nitrogens with one attached hydrogen (secondary N) is 2. The zero-order valence-corrected chi connectivity index (χ0v) is 10.9. The van der Waals surface area contributed by atoms with Crippen LogP contribution in [0.3, 0.4) is 0 Å². The second-order valence-corrected chi connectivity index (χ2v) is 5.44. The molecule has 2 atom stereocenters. The molecule has 1 amide bonds. The van der Waals surface area contributed by atoms with Crippen LogP contribution >= 0.6 is 0 Å². The van der Waals surface area contributed by atoms with E-state index in [4.69, 9.17) is 4.74 Å². The van der Waals surface area contributed by atoms with Crippen LogP contribution in [0.1, 0.15) is 35.3 Å². The van der Waals surface area contributed by atoms with Gasteiger partial charge in [0.1, 0.15) is 5.56 Å². The molecule has 5 heteroatoms. The van der Waals surface area contributed by atoms with Gasteiger partial charge in [-0.15, -0.1) is 0 Å². The molecule has 2 fully saturated rings. The predicted octanol–water partition coefficient (Wildman–Crippen LogP) is 0.981. The van der Waals surface area contributed by atoms with E-state index in [1.54, 1.807) is 6.92 Å². The third-order valence-electron chi connectivity index (χ3n) is 3.84. The molecule has 1 aliphatic heterocycles. The van der Waals surface area contributed by atoms with Crippen LogP contribution in [-0.2, 0) is 4.74 Å². The quantitative estimate of drug-likeness (QED) is 0.853. The zero-order valence-electron chi connectivity index (χ0n) is 10.9. The summed E-state index contributed by atoms with van der Waals surface area (Å²) in [7, 11) is 0. The van der Waals surface area contributed by atoms with Gasteiger partial charge in [-0.2, -0.15) is 0 Å². The Morgan fingerprint density at radius 3 is 2.89 bits per heavy atom. The number of carbonyl (C=O) groups excluding carboxylic acids is 1. The van der Waals surface area contributed by atoms with Crippen molar-refractivity contribution in [3.05, 3.63) is 33.7 Å². The summed E-state index contributed by atoms with van der Waals surface area (Å²) in [6, 6.07) is 1.49.